The largest absolute Gasteiger partial charge is 0.494 e. The second-order valence-corrected chi connectivity index (χ2v) is 7.20. The molecule has 1 saturated heterocycles. The third kappa shape index (κ3) is 8.38. The van der Waals surface area contributed by atoms with Crippen LogP contribution in [-0.4, -0.2) is 68.9 Å². The summed E-state index contributed by atoms with van der Waals surface area (Å²) in [7, 11) is 4.09. The molecule has 2 rings (SSSR count). The van der Waals surface area contributed by atoms with Gasteiger partial charge in [0.05, 0.1) is 13.2 Å². The lowest BCUT2D eigenvalue weighted by atomic mass is 10.0. The molecule has 0 bridgehead atoms. The zero-order chi connectivity index (χ0) is 19.0. The Morgan fingerprint density at radius 3 is 2.38 bits per heavy atom. The Bertz CT molecular complexity index is 512. The summed E-state index contributed by atoms with van der Waals surface area (Å²) >= 11 is 0. The Morgan fingerprint density at radius 2 is 1.81 bits per heavy atom. The van der Waals surface area contributed by atoms with Crippen LogP contribution in [0.4, 0.5) is 13.2 Å². The van der Waals surface area contributed by atoms with Crippen molar-refractivity contribution in [2.75, 3.05) is 46.9 Å². The van der Waals surface area contributed by atoms with E-state index in [-0.39, 0.29) is 6.04 Å². The first kappa shape index (κ1) is 21.0. The van der Waals surface area contributed by atoms with Crippen molar-refractivity contribution in [3.05, 3.63) is 29.8 Å². The van der Waals surface area contributed by atoms with Gasteiger partial charge in [0.25, 0.3) is 0 Å². The molecular formula is C19H30F3N3O. The minimum absolute atomic E-state index is 0.279. The van der Waals surface area contributed by atoms with Crippen LogP contribution in [0.15, 0.2) is 24.3 Å². The Kier molecular flexibility index (Phi) is 8.18. The number of ether oxygens (including phenoxy) is 1. The van der Waals surface area contributed by atoms with Gasteiger partial charge in [0, 0.05) is 19.1 Å². The van der Waals surface area contributed by atoms with E-state index in [4.69, 9.17) is 4.74 Å². The highest BCUT2D eigenvalue weighted by Gasteiger charge is 2.32. The highest BCUT2D eigenvalue weighted by molar-refractivity contribution is 5.27. The van der Waals surface area contributed by atoms with Gasteiger partial charge in [-0.2, -0.15) is 13.2 Å². The molecule has 26 heavy (non-hydrogen) atoms. The average molecular weight is 373 g/mol. The van der Waals surface area contributed by atoms with Gasteiger partial charge in [-0.25, -0.2) is 0 Å². The average Bonchev–Trinajstić information content (AvgIpc) is 2.58. The molecule has 1 heterocycles. The van der Waals surface area contributed by atoms with Crippen molar-refractivity contribution in [3.8, 4) is 5.75 Å². The first-order valence-corrected chi connectivity index (χ1v) is 9.21. The van der Waals surface area contributed by atoms with E-state index in [0.29, 0.717) is 19.7 Å². The van der Waals surface area contributed by atoms with Gasteiger partial charge in [-0.15, -0.1) is 0 Å². The predicted molar refractivity (Wildman–Crippen MR) is 97.5 cm³/mol. The van der Waals surface area contributed by atoms with Crippen LogP contribution in [0.5, 0.6) is 5.75 Å². The summed E-state index contributed by atoms with van der Waals surface area (Å²) in [4.78, 5) is 3.62. The molecule has 7 heteroatoms. The minimum atomic E-state index is -4.10. The van der Waals surface area contributed by atoms with Crippen LogP contribution in [-0.2, 0) is 6.54 Å². The highest BCUT2D eigenvalue weighted by Crippen LogP contribution is 2.20. The second-order valence-electron chi connectivity index (χ2n) is 7.20. The van der Waals surface area contributed by atoms with E-state index in [1.165, 1.54) is 4.90 Å². The van der Waals surface area contributed by atoms with Crippen LogP contribution >= 0.6 is 0 Å². The molecule has 148 valence electrons. The van der Waals surface area contributed by atoms with Gasteiger partial charge in [-0.3, -0.25) is 4.90 Å². The molecule has 1 N–H and O–H groups in total. The lowest BCUT2D eigenvalue weighted by Crippen LogP contribution is -2.45. The summed E-state index contributed by atoms with van der Waals surface area (Å²) in [6, 6.07) is 8.29. The molecule has 1 aliphatic heterocycles. The lowest BCUT2D eigenvalue weighted by molar-refractivity contribution is -0.148. The van der Waals surface area contributed by atoms with Crippen LogP contribution in [0.2, 0.25) is 0 Å². The monoisotopic (exact) mass is 373 g/mol. The standard InChI is InChI=1S/C19H30F3N3O/c1-24(2)10-3-13-26-18-6-4-16(5-7-18)14-23-17-8-11-25(12-9-17)15-19(20,21)22/h4-7,17,23H,3,8-15H2,1-2H3. The maximum atomic E-state index is 12.4. The highest BCUT2D eigenvalue weighted by atomic mass is 19.4. The Morgan fingerprint density at radius 1 is 1.15 bits per heavy atom. The lowest BCUT2D eigenvalue weighted by Gasteiger charge is -2.32. The van der Waals surface area contributed by atoms with E-state index in [0.717, 1.165) is 43.7 Å². The Balaban J connectivity index is 1.64. The van der Waals surface area contributed by atoms with Crippen molar-refractivity contribution in [2.24, 2.45) is 0 Å². The molecule has 1 aromatic carbocycles. The third-order valence-corrected chi connectivity index (χ3v) is 4.53. The molecule has 0 saturated carbocycles. The molecule has 4 nitrogen and oxygen atoms in total. The van der Waals surface area contributed by atoms with Crippen LogP contribution < -0.4 is 10.1 Å². The Hall–Kier alpha value is -1.31. The van der Waals surface area contributed by atoms with Gasteiger partial charge in [-0.1, -0.05) is 12.1 Å². The van der Waals surface area contributed by atoms with Crippen LogP contribution in [0, 0.1) is 0 Å². The van der Waals surface area contributed by atoms with Gasteiger partial charge in [0.1, 0.15) is 5.75 Å². The predicted octanol–water partition coefficient (Wildman–Crippen LogP) is 3.13. The molecule has 1 aliphatic rings. The fourth-order valence-electron chi connectivity index (χ4n) is 3.09. The SMILES string of the molecule is CN(C)CCCOc1ccc(CNC2CCN(CC(F)(F)F)CC2)cc1. The molecule has 0 spiro atoms. The zero-order valence-electron chi connectivity index (χ0n) is 15.7. The van der Waals surface area contributed by atoms with Gasteiger partial charge in [0.15, 0.2) is 0 Å². The number of alkyl halides is 3. The number of hydrogen-bond acceptors (Lipinski definition) is 4. The topological polar surface area (TPSA) is 27.7 Å². The van der Waals surface area contributed by atoms with Crippen molar-refractivity contribution in [1.29, 1.82) is 0 Å². The molecule has 1 fully saturated rings. The summed E-state index contributed by atoms with van der Waals surface area (Å²) in [5.74, 6) is 0.868. The van der Waals surface area contributed by atoms with Crippen molar-refractivity contribution >= 4 is 0 Å². The summed E-state index contributed by atoms with van der Waals surface area (Å²) in [5.41, 5.74) is 1.16. The molecule has 0 aliphatic carbocycles. The summed E-state index contributed by atoms with van der Waals surface area (Å²) < 4.78 is 42.9. The second kappa shape index (κ2) is 10.1. The quantitative estimate of drug-likeness (QED) is 0.673. The smallest absolute Gasteiger partial charge is 0.401 e. The van der Waals surface area contributed by atoms with E-state index in [1.54, 1.807) is 0 Å². The van der Waals surface area contributed by atoms with E-state index in [1.807, 2.05) is 38.4 Å². The van der Waals surface area contributed by atoms with Gasteiger partial charge in [-0.05, 0) is 64.1 Å². The van der Waals surface area contributed by atoms with E-state index < -0.39 is 12.7 Å². The van der Waals surface area contributed by atoms with Gasteiger partial charge in [0.2, 0.25) is 0 Å². The fraction of sp³-hybridized carbons (Fsp3) is 0.684. The van der Waals surface area contributed by atoms with E-state index >= 15 is 0 Å². The van der Waals surface area contributed by atoms with E-state index in [9.17, 15) is 13.2 Å². The Labute approximate surface area is 154 Å². The van der Waals surface area contributed by atoms with Crippen molar-refractivity contribution in [3.63, 3.8) is 0 Å². The number of benzene rings is 1. The van der Waals surface area contributed by atoms with Crippen molar-refractivity contribution in [1.82, 2.24) is 15.1 Å². The minimum Gasteiger partial charge on any atom is -0.494 e. The maximum absolute atomic E-state index is 12.4. The van der Waals surface area contributed by atoms with Crippen LogP contribution in [0.3, 0.4) is 0 Å². The molecular weight excluding hydrogens is 343 g/mol. The number of hydrogen-bond donors (Lipinski definition) is 1. The van der Waals surface area contributed by atoms with Gasteiger partial charge < -0.3 is 15.0 Å². The third-order valence-electron chi connectivity index (χ3n) is 4.53. The molecule has 0 amide bonds. The number of likely N-dealkylation sites (tertiary alicyclic amines) is 1. The molecule has 0 atom stereocenters. The number of nitrogens with one attached hydrogen (secondary N) is 1. The van der Waals surface area contributed by atoms with Crippen LogP contribution in [0.25, 0.3) is 0 Å². The summed E-state index contributed by atoms with van der Waals surface area (Å²) in [6.07, 6.45) is -1.60. The van der Waals surface area contributed by atoms with Crippen molar-refractivity contribution < 1.29 is 17.9 Å². The number of nitrogens with zero attached hydrogens (tertiary/aromatic N) is 2. The fourth-order valence-corrected chi connectivity index (χ4v) is 3.09. The first-order chi connectivity index (χ1) is 12.3. The zero-order valence-corrected chi connectivity index (χ0v) is 15.7. The number of piperidine rings is 1. The first-order valence-electron chi connectivity index (χ1n) is 9.21. The molecule has 0 unspecified atom stereocenters. The van der Waals surface area contributed by atoms with Crippen LogP contribution in [0.1, 0.15) is 24.8 Å². The molecule has 0 radical (unpaired) electrons. The summed E-state index contributed by atoms with van der Waals surface area (Å²) in [5, 5.41) is 3.45. The van der Waals surface area contributed by atoms with Gasteiger partial charge >= 0.3 is 6.18 Å². The number of rotatable bonds is 9. The summed E-state index contributed by atoms with van der Waals surface area (Å²) in [6.45, 7) is 2.63. The number of halogens is 3. The van der Waals surface area contributed by atoms with E-state index in [2.05, 4.69) is 10.2 Å². The maximum Gasteiger partial charge on any atom is 0.401 e. The molecule has 1 aromatic rings. The van der Waals surface area contributed by atoms with Crippen molar-refractivity contribution in [2.45, 2.75) is 38.0 Å². The normalized spacial score (nSPS) is 17.0. The molecule has 0 aromatic heterocycles.